The molecule has 3 rings (SSSR count). The lowest BCUT2D eigenvalue weighted by Gasteiger charge is -2.28. The molecule has 0 aliphatic carbocycles. The summed E-state index contributed by atoms with van der Waals surface area (Å²) >= 11 is 5.91. The molecule has 0 aromatic heterocycles. The smallest absolute Gasteiger partial charge is 0.271 e. The van der Waals surface area contributed by atoms with Crippen LogP contribution < -0.4 is 20.5 Å². The van der Waals surface area contributed by atoms with Crippen molar-refractivity contribution < 1.29 is 24.0 Å². The lowest BCUT2D eigenvalue weighted by molar-refractivity contribution is -0.384. The number of hydrazine groups is 1. The number of anilines is 1. The Hall–Kier alpha value is -3.66. The molecule has 0 atom stereocenters. The van der Waals surface area contributed by atoms with E-state index in [1.165, 1.54) is 24.3 Å². The third kappa shape index (κ3) is 4.01. The van der Waals surface area contributed by atoms with Crippen molar-refractivity contribution in [3.63, 3.8) is 0 Å². The van der Waals surface area contributed by atoms with Crippen molar-refractivity contribution in [1.29, 1.82) is 0 Å². The Labute approximate surface area is 163 Å². The van der Waals surface area contributed by atoms with E-state index in [1.807, 2.05) is 0 Å². The van der Waals surface area contributed by atoms with E-state index in [0.717, 1.165) is 11.0 Å². The van der Waals surface area contributed by atoms with Crippen molar-refractivity contribution in [2.45, 2.75) is 0 Å². The van der Waals surface area contributed by atoms with E-state index in [4.69, 9.17) is 16.3 Å². The zero-order valence-electron chi connectivity index (χ0n) is 14.2. The maximum Gasteiger partial charge on any atom is 0.271 e. The van der Waals surface area contributed by atoms with Crippen LogP contribution in [0.25, 0.3) is 0 Å². The quantitative estimate of drug-likeness (QED) is 0.585. The van der Waals surface area contributed by atoms with Gasteiger partial charge in [0.2, 0.25) is 0 Å². The highest BCUT2D eigenvalue weighted by Crippen LogP contribution is 2.35. The summed E-state index contributed by atoms with van der Waals surface area (Å²) in [4.78, 5) is 47.7. The van der Waals surface area contributed by atoms with Gasteiger partial charge in [-0.25, -0.2) is 0 Å². The van der Waals surface area contributed by atoms with Crippen molar-refractivity contribution in [1.82, 2.24) is 10.9 Å². The summed E-state index contributed by atoms with van der Waals surface area (Å²) in [5, 5.41) is 11.2. The fraction of sp³-hybridized carbons (Fsp3) is 0.118. The van der Waals surface area contributed by atoms with Crippen LogP contribution in [0.15, 0.2) is 42.5 Å². The lowest BCUT2D eigenvalue weighted by Crippen LogP contribution is -2.49. The van der Waals surface area contributed by atoms with Crippen LogP contribution in [0.2, 0.25) is 5.02 Å². The van der Waals surface area contributed by atoms with Crippen LogP contribution in [0.3, 0.4) is 0 Å². The predicted molar refractivity (Wildman–Crippen MR) is 98.0 cm³/mol. The van der Waals surface area contributed by atoms with Crippen LogP contribution in [-0.2, 0) is 9.59 Å². The molecular formula is C17H13ClN4O6. The van der Waals surface area contributed by atoms with Crippen molar-refractivity contribution in [2.75, 3.05) is 18.1 Å². The first kappa shape index (κ1) is 19.1. The van der Waals surface area contributed by atoms with Gasteiger partial charge in [-0.05, 0) is 18.2 Å². The average Bonchev–Trinajstić information content (AvgIpc) is 2.68. The predicted octanol–water partition coefficient (Wildman–Crippen LogP) is 1.43. The van der Waals surface area contributed by atoms with E-state index in [2.05, 4.69) is 10.9 Å². The number of carbonyl (C=O) groups excluding carboxylic acids is 3. The second-order valence-electron chi connectivity index (χ2n) is 5.66. The van der Waals surface area contributed by atoms with E-state index in [0.29, 0.717) is 0 Å². The fourth-order valence-corrected chi connectivity index (χ4v) is 2.72. The highest BCUT2D eigenvalue weighted by molar-refractivity contribution is 6.33. The van der Waals surface area contributed by atoms with Gasteiger partial charge in [-0.2, -0.15) is 0 Å². The molecular weight excluding hydrogens is 392 g/mol. The molecule has 3 amide bonds. The highest BCUT2D eigenvalue weighted by atomic mass is 35.5. The van der Waals surface area contributed by atoms with Gasteiger partial charge in [-0.1, -0.05) is 23.7 Å². The minimum absolute atomic E-state index is 0.0954. The maximum absolute atomic E-state index is 12.2. The lowest BCUT2D eigenvalue weighted by atomic mass is 10.2. The van der Waals surface area contributed by atoms with Crippen LogP contribution in [0.1, 0.15) is 10.4 Å². The standard InChI is InChI=1S/C17H13ClN4O6/c18-12-4-2-1-3-11(12)17(25)20-19-15(23)8-21-13-7-10(22(26)27)5-6-14(13)28-9-16(21)24/h1-7H,8-9H2,(H,19,23)(H,20,25). The van der Waals surface area contributed by atoms with E-state index in [9.17, 15) is 24.5 Å². The molecule has 1 heterocycles. The van der Waals surface area contributed by atoms with Gasteiger partial charge >= 0.3 is 0 Å². The zero-order valence-corrected chi connectivity index (χ0v) is 14.9. The fourth-order valence-electron chi connectivity index (χ4n) is 2.50. The number of nitro benzene ring substituents is 1. The molecule has 0 saturated carbocycles. The summed E-state index contributed by atoms with van der Waals surface area (Å²) in [6.07, 6.45) is 0. The van der Waals surface area contributed by atoms with E-state index in [-0.39, 0.29) is 34.3 Å². The molecule has 2 N–H and O–H groups in total. The molecule has 10 nitrogen and oxygen atoms in total. The Kier molecular flexibility index (Phi) is 5.41. The number of nitrogens with one attached hydrogen (secondary N) is 2. The van der Waals surface area contributed by atoms with Crippen LogP contribution in [0.5, 0.6) is 5.75 Å². The van der Waals surface area contributed by atoms with Crippen molar-refractivity contribution in [2.24, 2.45) is 0 Å². The van der Waals surface area contributed by atoms with Crippen LogP contribution >= 0.6 is 11.6 Å². The summed E-state index contributed by atoms with van der Waals surface area (Å²) in [6.45, 7) is -0.788. The van der Waals surface area contributed by atoms with Crippen molar-refractivity contribution in [3.8, 4) is 5.75 Å². The summed E-state index contributed by atoms with van der Waals surface area (Å²) in [7, 11) is 0. The normalized spacial score (nSPS) is 12.6. The Morgan fingerprint density at radius 1 is 1.21 bits per heavy atom. The number of amides is 3. The number of non-ortho nitro benzene ring substituents is 1. The Morgan fingerprint density at radius 2 is 1.96 bits per heavy atom. The Balaban J connectivity index is 1.69. The van der Waals surface area contributed by atoms with Gasteiger partial charge < -0.3 is 4.74 Å². The first-order valence-corrected chi connectivity index (χ1v) is 8.30. The summed E-state index contributed by atoms with van der Waals surface area (Å²) in [6, 6.07) is 9.99. The van der Waals surface area contributed by atoms with Crippen molar-refractivity contribution in [3.05, 3.63) is 63.2 Å². The molecule has 0 saturated heterocycles. The molecule has 144 valence electrons. The molecule has 0 unspecified atom stereocenters. The summed E-state index contributed by atoms with van der Waals surface area (Å²) in [5.74, 6) is -1.67. The van der Waals surface area contributed by atoms with Gasteiger partial charge in [0.15, 0.2) is 6.61 Å². The topological polar surface area (TPSA) is 131 Å². The number of rotatable bonds is 4. The van der Waals surface area contributed by atoms with Crippen LogP contribution in [-0.4, -0.2) is 35.8 Å². The SMILES string of the molecule is O=C(CN1C(=O)COc2ccc([N+](=O)[O-])cc21)NNC(=O)c1ccccc1Cl. The number of fused-ring (bicyclic) bond motifs is 1. The monoisotopic (exact) mass is 404 g/mol. The van der Waals surface area contributed by atoms with Gasteiger partial charge in [-0.3, -0.25) is 40.2 Å². The second-order valence-corrected chi connectivity index (χ2v) is 6.07. The Morgan fingerprint density at radius 3 is 2.68 bits per heavy atom. The molecule has 0 bridgehead atoms. The number of hydrogen-bond acceptors (Lipinski definition) is 6. The first-order valence-electron chi connectivity index (χ1n) is 7.92. The molecule has 1 aliphatic rings. The largest absolute Gasteiger partial charge is 0.482 e. The zero-order chi connectivity index (χ0) is 20.3. The molecule has 0 fully saturated rings. The minimum atomic E-state index is -0.715. The number of carbonyl (C=O) groups is 3. The van der Waals surface area contributed by atoms with Crippen LogP contribution in [0.4, 0.5) is 11.4 Å². The number of ether oxygens (including phenoxy) is 1. The minimum Gasteiger partial charge on any atom is -0.482 e. The molecule has 28 heavy (non-hydrogen) atoms. The number of nitrogens with zero attached hydrogens (tertiary/aromatic N) is 2. The number of nitro groups is 1. The molecule has 0 spiro atoms. The molecule has 0 radical (unpaired) electrons. The average molecular weight is 405 g/mol. The van der Waals surface area contributed by atoms with E-state index in [1.54, 1.807) is 12.1 Å². The van der Waals surface area contributed by atoms with Gasteiger partial charge in [-0.15, -0.1) is 0 Å². The second kappa shape index (κ2) is 7.92. The van der Waals surface area contributed by atoms with Crippen LogP contribution in [0, 0.1) is 10.1 Å². The Bertz CT molecular complexity index is 980. The first-order chi connectivity index (χ1) is 13.4. The number of halogens is 1. The van der Waals surface area contributed by atoms with Gasteiger partial charge in [0, 0.05) is 12.1 Å². The molecule has 1 aliphatic heterocycles. The van der Waals surface area contributed by atoms with Gasteiger partial charge in [0.25, 0.3) is 23.4 Å². The van der Waals surface area contributed by atoms with Crippen molar-refractivity contribution >= 4 is 40.7 Å². The maximum atomic E-state index is 12.2. The van der Waals surface area contributed by atoms with E-state index >= 15 is 0 Å². The highest BCUT2D eigenvalue weighted by Gasteiger charge is 2.29. The summed E-state index contributed by atoms with van der Waals surface area (Å²) in [5.41, 5.74) is 4.38. The summed E-state index contributed by atoms with van der Waals surface area (Å²) < 4.78 is 5.22. The number of benzene rings is 2. The third-order valence-corrected chi connectivity index (χ3v) is 4.16. The molecule has 2 aromatic rings. The van der Waals surface area contributed by atoms with Gasteiger partial charge in [0.1, 0.15) is 12.3 Å². The van der Waals surface area contributed by atoms with E-state index < -0.39 is 29.2 Å². The number of hydrogen-bond donors (Lipinski definition) is 2. The molecule has 11 heteroatoms. The third-order valence-electron chi connectivity index (χ3n) is 3.83. The molecule has 2 aromatic carbocycles. The van der Waals surface area contributed by atoms with Gasteiger partial charge in [0.05, 0.1) is 21.2 Å².